The third-order valence-electron chi connectivity index (χ3n) is 2.49. The number of hydrogen-bond donors (Lipinski definition) is 2. The van der Waals surface area contributed by atoms with E-state index in [0.29, 0.717) is 4.88 Å². The van der Waals surface area contributed by atoms with Gasteiger partial charge < -0.3 is 10.1 Å². The Bertz CT molecular complexity index is 578. The zero-order chi connectivity index (χ0) is 13.1. The number of ether oxygens (including phenoxy) is 1. The van der Waals surface area contributed by atoms with Crippen LogP contribution in [0.1, 0.15) is 15.2 Å². The third kappa shape index (κ3) is 2.86. The summed E-state index contributed by atoms with van der Waals surface area (Å²) in [6.07, 6.45) is 0. The van der Waals surface area contributed by atoms with Crippen LogP contribution in [0.3, 0.4) is 0 Å². The first kappa shape index (κ1) is 13.0. The molecule has 1 amide bonds. The van der Waals surface area contributed by atoms with Crippen LogP contribution in [0.25, 0.3) is 0 Å². The van der Waals surface area contributed by atoms with Gasteiger partial charge in [0.2, 0.25) is 0 Å². The number of hydrogen-bond acceptors (Lipinski definition) is 4. The molecule has 0 fully saturated rings. The molecule has 1 heterocycles. The minimum Gasteiger partial charge on any atom is -0.497 e. The van der Waals surface area contributed by atoms with Gasteiger partial charge in [-0.3, -0.25) is 4.79 Å². The monoisotopic (exact) mass is 279 g/mol. The number of benzene rings is 1. The first-order valence-corrected chi connectivity index (χ1v) is 6.66. The SMILES string of the molecule is COc1ccc(NC(=O)c2cc(S)cs2)c(C)c1. The van der Waals surface area contributed by atoms with Gasteiger partial charge in [0, 0.05) is 16.0 Å². The van der Waals surface area contributed by atoms with Crippen molar-refractivity contribution in [3.05, 3.63) is 40.1 Å². The van der Waals surface area contributed by atoms with Crippen LogP contribution in [0.15, 0.2) is 34.5 Å². The molecule has 0 saturated carbocycles. The lowest BCUT2D eigenvalue weighted by Gasteiger charge is -2.08. The Balaban J connectivity index is 2.16. The molecule has 2 rings (SSSR count). The van der Waals surface area contributed by atoms with Gasteiger partial charge in [-0.2, -0.15) is 0 Å². The molecule has 1 aromatic carbocycles. The Morgan fingerprint density at radius 3 is 2.72 bits per heavy atom. The predicted octanol–water partition coefficient (Wildman–Crippen LogP) is 3.61. The number of thiophene rings is 1. The molecule has 0 aliphatic carbocycles. The molecule has 18 heavy (non-hydrogen) atoms. The topological polar surface area (TPSA) is 38.3 Å². The molecule has 5 heteroatoms. The van der Waals surface area contributed by atoms with E-state index in [4.69, 9.17) is 4.74 Å². The molecule has 0 saturated heterocycles. The highest BCUT2D eigenvalue weighted by molar-refractivity contribution is 7.80. The van der Waals surface area contributed by atoms with Crippen LogP contribution in [-0.2, 0) is 0 Å². The smallest absolute Gasteiger partial charge is 0.265 e. The van der Waals surface area contributed by atoms with E-state index in [2.05, 4.69) is 17.9 Å². The van der Waals surface area contributed by atoms with Crippen molar-refractivity contribution >= 4 is 35.6 Å². The van der Waals surface area contributed by atoms with Gasteiger partial charge in [0.1, 0.15) is 5.75 Å². The normalized spacial score (nSPS) is 10.2. The van der Waals surface area contributed by atoms with Crippen molar-refractivity contribution in [1.82, 2.24) is 0 Å². The summed E-state index contributed by atoms with van der Waals surface area (Å²) >= 11 is 5.56. The van der Waals surface area contributed by atoms with Crippen LogP contribution < -0.4 is 10.1 Å². The first-order valence-electron chi connectivity index (χ1n) is 5.33. The summed E-state index contributed by atoms with van der Waals surface area (Å²) in [5.41, 5.74) is 1.75. The molecule has 2 aromatic rings. The first-order chi connectivity index (χ1) is 8.60. The quantitative estimate of drug-likeness (QED) is 0.842. The van der Waals surface area contributed by atoms with Crippen molar-refractivity contribution < 1.29 is 9.53 Å². The van der Waals surface area contributed by atoms with Gasteiger partial charge in [0.05, 0.1) is 12.0 Å². The number of rotatable bonds is 3. The number of thiol groups is 1. The number of carbonyl (C=O) groups is 1. The maximum Gasteiger partial charge on any atom is 0.265 e. The molecular weight excluding hydrogens is 266 g/mol. The Morgan fingerprint density at radius 1 is 1.39 bits per heavy atom. The second kappa shape index (κ2) is 5.46. The van der Waals surface area contributed by atoms with Crippen LogP contribution in [0, 0.1) is 6.92 Å². The molecule has 1 aromatic heterocycles. The fourth-order valence-corrected chi connectivity index (χ4v) is 2.58. The molecule has 0 aliphatic heterocycles. The van der Waals surface area contributed by atoms with E-state index in [9.17, 15) is 4.79 Å². The van der Waals surface area contributed by atoms with E-state index in [0.717, 1.165) is 21.9 Å². The molecule has 0 spiro atoms. The zero-order valence-electron chi connectivity index (χ0n) is 10.1. The van der Waals surface area contributed by atoms with E-state index in [-0.39, 0.29) is 5.91 Å². The van der Waals surface area contributed by atoms with Crippen LogP contribution in [0.5, 0.6) is 5.75 Å². The summed E-state index contributed by atoms with van der Waals surface area (Å²) in [7, 11) is 1.62. The number of methoxy groups -OCH3 is 1. The van der Waals surface area contributed by atoms with Crippen molar-refractivity contribution in [1.29, 1.82) is 0 Å². The largest absolute Gasteiger partial charge is 0.497 e. The molecule has 0 aliphatic rings. The summed E-state index contributed by atoms with van der Waals surface area (Å²) in [5.74, 6) is 0.660. The van der Waals surface area contributed by atoms with E-state index in [1.807, 2.05) is 30.5 Å². The van der Waals surface area contributed by atoms with Crippen molar-refractivity contribution in [3.8, 4) is 5.75 Å². The van der Waals surface area contributed by atoms with Gasteiger partial charge in [0.25, 0.3) is 5.91 Å². The molecule has 94 valence electrons. The maximum atomic E-state index is 12.0. The van der Waals surface area contributed by atoms with E-state index < -0.39 is 0 Å². The average molecular weight is 279 g/mol. The number of anilines is 1. The lowest BCUT2D eigenvalue weighted by Crippen LogP contribution is -2.11. The predicted molar refractivity (Wildman–Crippen MR) is 77.3 cm³/mol. The van der Waals surface area contributed by atoms with E-state index >= 15 is 0 Å². The van der Waals surface area contributed by atoms with Crippen LogP contribution in [0.2, 0.25) is 0 Å². The molecule has 1 N–H and O–H groups in total. The lowest BCUT2D eigenvalue weighted by atomic mass is 10.2. The van der Waals surface area contributed by atoms with Crippen LogP contribution in [0.4, 0.5) is 5.69 Å². The highest BCUT2D eigenvalue weighted by atomic mass is 32.1. The fraction of sp³-hybridized carbons (Fsp3) is 0.154. The van der Waals surface area contributed by atoms with Gasteiger partial charge >= 0.3 is 0 Å². The molecule has 0 bridgehead atoms. The second-order valence-electron chi connectivity index (χ2n) is 3.80. The number of nitrogens with one attached hydrogen (secondary N) is 1. The summed E-state index contributed by atoms with van der Waals surface area (Å²) in [6, 6.07) is 7.29. The molecular formula is C13H13NO2S2. The van der Waals surface area contributed by atoms with Crippen molar-refractivity contribution in [2.45, 2.75) is 11.8 Å². The highest BCUT2D eigenvalue weighted by Gasteiger charge is 2.10. The Morgan fingerprint density at radius 2 is 2.17 bits per heavy atom. The van der Waals surface area contributed by atoms with E-state index in [1.165, 1.54) is 11.3 Å². The Hall–Kier alpha value is -1.46. The summed E-state index contributed by atoms with van der Waals surface area (Å²) < 4.78 is 5.12. The van der Waals surface area contributed by atoms with Crippen molar-refractivity contribution in [3.63, 3.8) is 0 Å². The number of carbonyl (C=O) groups excluding carboxylic acids is 1. The zero-order valence-corrected chi connectivity index (χ0v) is 11.8. The third-order valence-corrected chi connectivity index (χ3v) is 3.85. The summed E-state index contributed by atoms with van der Waals surface area (Å²) in [5, 5.41) is 4.71. The standard InChI is InChI=1S/C13H13NO2S2/c1-8-5-9(16-2)3-4-11(8)14-13(15)12-6-10(17)7-18-12/h3-7,17H,1-2H3,(H,14,15). The molecule has 0 atom stereocenters. The summed E-state index contributed by atoms with van der Waals surface area (Å²) in [6.45, 7) is 1.93. The lowest BCUT2D eigenvalue weighted by molar-refractivity contribution is 0.103. The number of amides is 1. The second-order valence-corrected chi connectivity index (χ2v) is 5.23. The maximum absolute atomic E-state index is 12.0. The fourth-order valence-electron chi connectivity index (χ4n) is 1.53. The van der Waals surface area contributed by atoms with Gasteiger partial charge in [-0.15, -0.1) is 24.0 Å². The van der Waals surface area contributed by atoms with Gasteiger partial charge in [0.15, 0.2) is 0 Å². The van der Waals surface area contributed by atoms with Gasteiger partial charge in [-0.1, -0.05) is 0 Å². The Kier molecular flexibility index (Phi) is 3.93. The van der Waals surface area contributed by atoms with Gasteiger partial charge in [-0.05, 0) is 36.8 Å². The highest BCUT2D eigenvalue weighted by Crippen LogP contribution is 2.23. The minimum atomic E-state index is -0.117. The van der Waals surface area contributed by atoms with Crippen molar-refractivity contribution in [2.75, 3.05) is 12.4 Å². The molecule has 0 unspecified atom stereocenters. The Labute approximate surface area is 115 Å². The van der Waals surface area contributed by atoms with Crippen molar-refractivity contribution in [2.24, 2.45) is 0 Å². The van der Waals surface area contributed by atoms with Gasteiger partial charge in [-0.25, -0.2) is 0 Å². The minimum absolute atomic E-state index is 0.117. The molecule has 3 nitrogen and oxygen atoms in total. The van der Waals surface area contributed by atoms with Crippen LogP contribution >= 0.6 is 24.0 Å². The summed E-state index contributed by atoms with van der Waals surface area (Å²) in [4.78, 5) is 13.4. The van der Waals surface area contributed by atoms with Crippen LogP contribution in [-0.4, -0.2) is 13.0 Å². The van der Waals surface area contributed by atoms with E-state index in [1.54, 1.807) is 13.2 Å². The average Bonchev–Trinajstić information content (AvgIpc) is 2.78. The number of aryl methyl sites for hydroxylation is 1. The molecule has 0 radical (unpaired) electrons.